The number of hydrazine groups is 1. The molecule has 3 N–H and O–H groups in total. The predicted molar refractivity (Wildman–Crippen MR) is 65.2 cm³/mol. The maximum atomic E-state index is 13.5. The number of hydrogen-bond acceptors (Lipinski definition) is 2. The molecular formula is C13H20F2N2. The van der Waals surface area contributed by atoms with Gasteiger partial charge in [0, 0.05) is 17.7 Å². The normalized spacial score (nSPS) is 12.7. The van der Waals surface area contributed by atoms with E-state index in [-0.39, 0.29) is 6.04 Å². The van der Waals surface area contributed by atoms with Gasteiger partial charge in [-0.2, -0.15) is 0 Å². The number of rotatable bonds is 7. The van der Waals surface area contributed by atoms with Gasteiger partial charge in [-0.3, -0.25) is 11.3 Å². The highest BCUT2D eigenvalue weighted by molar-refractivity contribution is 5.21. The zero-order valence-electron chi connectivity index (χ0n) is 10.2. The summed E-state index contributed by atoms with van der Waals surface area (Å²) in [6.45, 7) is 2.14. The molecule has 0 heterocycles. The van der Waals surface area contributed by atoms with E-state index in [0.29, 0.717) is 5.56 Å². The van der Waals surface area contributed by atoms with E-state index in [2.05, 4.69) is 12.3 Å². The zero-order chi connectivity index (χ0) is 12.7. The highest BCUT2D eigenvalue weighted by Crippen LogP contribution is 2.22. The molecule has 0 aliphatic rings. The van der Waals surface area contributed by atoms with Crippen LogP contribution in [0.3, 0.4) is 0 Å². The lowest BCUT2D eigenvalue weighted by Gasteiger charge is -2.16. The molecule has 1 atom stereocenters. The minimum Gasteiger partial charge on any atom is -0.271 e. The van der Waals surface area contributed by atoms with Gasteiger partial charge < -0.3 is 0 Å². The first-order valence-electron chi connectivity index (χ1n) is 6.10. The average Bonchev–Trinajstić information content (AvgIpc) is 2.31. The summed E-state index contributed by atoms with van der Waals surface area (Å²) in [5.74, 6) is 4.32. The molecule has 0 fully saturated rings. The van der Waals surface area contributed by atoms with Gasteiger partial charge in [0.15, 0.2) is 0 Å². The highest BCUT2D eigenvalue weighted by Gasteiger charge is 2.14. The number of nitrogens with two attached hydrogens (primary N) is 1. The summed E-state index contributed by atoms with van der Waals surface area (Å²) in [5.41, 5.74) is 3.03. The van der Waals surface area contributed by atoms with Crippen molar-refractivity contribution in [1.82, 2.24) is 5.43 Å². The Hall–Kier alpha value is -1.00. The van der Waals surface area contributed by atoms with Crippen LogP contribution in [0.1, 0.15) is 50.6 Å². The third-order valence-electron chi connectivity index (χ3n) is 2.89. The predicted octanol–water partition coefficient (Wildman–Crippen LogP) is 3.44. The van der Waals surface area contributed by atoms with Crippen molar-refractivity contribution in [3.8, 4) is 0 Å². The molecule has 17 heavy (non-hydrogen) atoms. The summed E-state index contributed by atoms with van der Waals surface area (Å²) in [7, 11) is 0. The molecule has 1 aromatic carbocycles. The van der Waals surface area contributed by atoms with Crippen molar-refractivity contribution in [2.24, 2.45) is 5.84 Å². The van der Waals surface area contributed by atoms with Crippen LogP contribution in [0.4, 0.5) is 8.78 Å². The second-order valence-corrected chi connectivity index (χ2v) is 4.23. The van der Waals surface area contributed by atoms with Crippen molar-refractivity contribution >= 4 is 0 Å². The Balaban J connectivity index is 2.59. The fourth-order valence-electron chi connectivity index (χ4n) is 1.89. The van der Waals surface area contributed by atoms with Crippen LogP contribution in [0.2, 0.25) is 0 Å². The molecule has 0 aliphatic carbocycles. The first-order chi connectivity index (χ1) is 8.19. The van der Waals surface area contributed by atoms with Crippen LogP contribution in [0.5, 0.6) is 0 Å². The first kappa shape index (κ1) is 14.1. The number of unbranched alkanes of at least 4 members (excludes halogenated alkanes) is 3. The molecule has 0 radical (unpaired) electrons. The van der Waals surface area contributed by atoms with Gasteiger partial charge in [-0.25, -0.2) is 8.78 Å². The van der Waals surface area contributed by atoms with Gasteiger partial charge in [0.2, 0.25) is 0 Å². The Kier molecular flexibility index (Phi) is 6.08. The Morgan fingerprint density at radius 3 is 2.59 bits per heavy atom. The lowest BCUT2D eigenvalue weighted by Crippen LogP contribution is -2.28. The van der Waals surface area contributed by atoms with Crippen molar-refractivity contribution in [3.05, 3.63) is 35.4 Å². The molecule has 0 bridgehead atoms. The lowest BCUT2D eigenvalue weighted by molar-refractivity contribution is 0.457. The largest absolute Gasteiger partial charge is 0.271 e. The average molecular weight is 242 g/mol. The van der Waals surface area contributed by atoms with E-state index in [0.717, 1.165) is 31.7 Å². The Bertz CT molecular complexity index is 342. The van der Waals surface area contributed by atoms with Crippen molar-refractivity contribution in [2.45, 2.75) is 45.1 Å². The molecule has 96 valence electrons. The second kappa shape index (κ2) is 7.35. The summed E-state index contributed by atoms with van der Waals surface area (Å²) in [4.78, 5) is 0. The van der Waals surface area contributed by atoms with Gasteiger partial charge in [0.05, 0.1) is 0 Å². The monoisotopic (exact) mass is 242 g/mol. The molecule has 1 rings (SSSR count). The summed E-state index contributed by atoms with van der Waals surface area (Å²) in [6, 6.07) is 3.36. The fourth-order valence-corrected chi connectivity index (χ4v) is 1.89. The topological polar surface area (TPSA) is 38.0 Å². The van der Waals surface area contributed by atoms with Gasteiger partial charge in [-0.05, 0) is 12.5 Å². The fraction of sp³-hybridized carbons (Fsp3) is 0.538. The molecule has 0 aliphatic heterocycles. The van der Waals surface area contributed by atoms with Gasteiger partial charge in [0.25, 0.3) is 0 Å². The smallest absolute Gasteiger partial charge is 0.130 e. The van der Waals surface area contributed by atoms with Gasteiger partial charge in [-0.15, -0.1) is 0 Å². The van der Waals surface area contributed by atoms with Crippen molar-refractivity contribution in [1.29, 1.82) is 0 Å². The van der Waals surface area contributed by atoms with E-state index in [1.807, 2.05) is 0 Å². The third-order valence-corrected chi connectivity index (χ3v) is 2.89. The molecule has 2 nitrogen and oxygen atoms in total. The maximum Gasteiger partial charge on any atom is 0.130 e. The third kappa shape index (κ3) is 4.40. The number of nitrogens with one attached hydrogen (secondary N) is 1. The lowest BCUT2D eigenvalue weighted by atomic mass is 10.00. The van der Waals surface area contributed by atoms with Crippen LogP contribution in [0.15, 0.2) is 18.2 Å². The molecule has 0 saturated carbocycles. The number of halogens is 2. The molecule has 0 spiro atoms. The molecule has 0 amide bonds. The minimum atomic E-state index is -0.562. The van der Waals surface area contributed by atoms with Crippen LogP contribution < -0.4 is 11.3 Å². The summed E-state index contributed by atoms with van der Waals surface area (Å²) in [5, 5.41) is 0. The van der Waals surface area contributed by atoms with Crippen molar-refractivity contribution < 1.29 is 8.78 Å². The Morgan fingerprint density at radius 2 is 2.00 bits per heavy atom. The second-order valence-electron chi connectivity index (χ2n) is 4.23. The van der Waals surface area contributed by atoms with E-state index in [1.165, 1.54) is 18.6 Å². The van der Waals surface area contributed by atoms with E-state index >= 15 is 0 Å². The van der Waals surface area contributed by atoms with E-state index in [4.69, 9.17) is 5.84 Å². The van der Waals surface area contributed by atoms with Gasteiger partial charge >= 0.3 is 0 Å². The van der Waals surface area contributed by atoms with Gasteiger partial charge in [-0.1, -0.05) is 38.7 Å². The molecule has 1 unspecified atom stereocenters. The molecular weight excluding hydrogens is 222 g/mol. The first-order valence-corrected chi connectivity index (χ1v) is 6.10. The number of hydrogen-bond donors (Lipinski definition) is 2. The Morgan fingerprint density at radius 1 is 1.24 bits per heavy atom. The zero-order valence-corrected chi connectivity index (χ0v) is 10.2. The van der Waals surface area contributed by atoms with E-state index < -0.39 is 11.6 Å². The van der Waals surface area contributed by atoms with Crippen LogP contribution in [0.25, 0.3) is 0 Å². The standard InChI is InChI=1S/C13H20F2N2/c1-2-3-4-5-6-13(17-16)11-8-7-10(14)9-12(11)15/h7-9,13,17H,2-6,16H2,1H3. The van der Waals surface area contributed by atoms with Crippen molar-refractivity contribution in [2.75, 3.05) is 0 Å². The molecule has 1 aromatic rings. The van der Waals surface area contributed by atoms with Crippen LogP contribution in [-0.4, -0.2) is 0 Å². The molecule has 0 saturated heterocycles. The minimum absolute atomic E-state index is 0.243. The molecule has 0 aromatic heterocycles. The van der Waals surface area contributed by atoms with Crippen LogP contribution in [0, 0.1) is 11.6 Å². The highest BCUT2D eigenvalue weighted by atomic mass is 19.1. The van der Waals surface area contributed by atoms with Gasteiger partial charge in [0.1, 0.15) is 11.6 Å². The SMILES string of the molecule is CCCCCCC(NN)c1ccc(F)cc1F. The number of benzene rings is 1. The van der Waals surface area contributed by atoms with E-state index in [1.54, 1.807) is 0 Å². The quantitative estimate of drug-likeness (QED) is 0.436. The van der Waals surface area contributed by atoms with Crippen LogP contribution in [-0.2, 0) is 0 Å². The maximum absolute atomic E-state index is 13.5. The summed E-state index contributed by atoms with van der Waals surface area (Å²) in [6.07, 6.45) is 5.19. The van der Waals surface area contributed by atoms with Crippen molar-refractivity contribution in [3.63, 3.8) is 0 Å². The summed E-state index contributed by atoms with van der Waals surface area (Å²) >= 11 is 0. The van der Waals surface area contributed by atoms with E-state index in [9.17, 15) is 8.78 Å². The van der Waals surface area contributed by atoms with Crippen LogP contribution >= 0.6 is 0 Å². The Labute approximate surface area is 101 Å². The summed E-state index contributed by atoms with van der Waals surface area (Å²) < 4.78 is 26.3. The molecule has 4 heteroatoms.